The molecule has 0 radical (unpaired) electrons. The molecule has 0 saturated carbocycles. The number of aryl methyl sites for hydroxylation is 1. The van der Waals surface area contributed by atoms with Crippen molar-refractivity contribution in [2.45, 2.75) is 13.5 Å². The number of hydrogen-bond donors (Lipinski definition) is 1. The van der Waals surface area contributed by atoms with Crippen LogP contribution in [0, 0.1) is 12.7 Å². The normalized spacial score (nSPS) is 16.5. The summed E-state index contributed by atoms with van der Waals surface area (Å²) in [6.07, 6.45) is 0. The maximum absolute atomic E-state index is 13.7. The van der Waals surface area contributed by atoms with Crippen LogP contribution in [-0.2, 0) is 11.3 Å². The first-order valence-corrected chi connectivity index (χ1v) is 11.9. The molecule has 2 aliphatic heterocycles. The Hall–Kier alpha value is -2.94. The van der Waals surface area contributed by atoms with E-state index in [4.69, 9.17) is 0 Å². The van der Waals surface area contributed by atoms with Crippen LogP contribution >= 0.6 is 11.3 Å². The molecule has 1 aromatic heterocycles. The highest BCUT2D eigenvalue weighted by atomic mass is 32.1. The number of likely N-dealkylation sites (N-methyl/N-ethyl adjacent to an activating group) is 1. The van der Waals surface area contributed by atoms with Gasteiger partial charge in [-0.3, -0.25) is 14.7 Å². The maximum Gasteiger partial charge on any atom is 0.240 e. The lowest BCUT2D eigenvalue weighted by Crippen LogP contribution is -2.47. The van der Waals surface area contributed by atoms with Gasteiger partial charge in [-0.15, -0.1) is 0 Å². The van der Waals surface area contributed by atoms with E-state index in [1.807, 2.05) is 19.1 Å². The van der Waals surface area contributed by atoms with Gasteiger partial charge < -0.3 is 10.2 Å². The van der Waals surface area contributed by atoms with Crippen LogP contribution in [0.4, 0.5) is 9.52 Å². The molecular formula is C25H26FN5OS. The fourth-order valence-corrected chi connectivity index (χ4v) is 5.29. The molecule has 0 atom stereocenters. The summed E-state index contributed by atoms with van der Waals surface area (Å²) in [6.45, 7) is 6.70. The lowest BCUT2D eigenvalue weighted by atomic mass is 9.97. The number of nitrogens with one attached hydrogen (secondary N) is 1. The Morgan fingerprint density at radius 1 is 1.12 bits per heavy atom. The van der Waals surface area contributed by atoms with Crippen LogP contribution in [0.15, 0.2) is 47.5 Å². The van der Waals surface area contributed by atoms with Crippen LogP contribution in [0.1, 0.15) is 22.4 Å². The molecule has 8 heteroatoms. The van der Waals surface area contributed by atoms with Crippen LogP contribution in [0.2, 0.25) is 0 Å². The number of piperazine rings is 1. The van der Waals surface area contributed by atoms with Crippen molar-refractivity contribution in [2.24, 2.45) is 4.99 Å². The Labute approximate surface area is 196 Å². The number of halogens is 1. The molecule has 2 aromatic carbocycles. The molecule has 1 amide bonds. The monoisotopic (exact) mass is 463 g/mol. The van der Waals surface area contributed by atoms with E-state index in [1.165, 1.54) is 23.5 Å². The van der Waals surface area contributed by atoms with Gasteiger partial charge in [0, 0.05) is 37.3 Å². The second-order valence-corrected chi connectivity index (χ2v) is 9.61. The number of thiazole rings is 1. The standard InChI is InChI=1S/C25H26FN5OS/c1-16-24(33-25(28-16)29-22(32)15-31-10-8-30(2)9-11-31)18-6-7-21-19(12-18)14-27-23(21)17-4-3-5-20(26)13-17/h3-7,12-13H,8-11,14-15H2,1-2H3,(H,28,29,32). The van der Waals surface area contributed by atoms with Gasteiger partial charge in [0.2, 0.25) is 5.91 Å². The van der Waals surface area contributed by atoms with E-state index in [0.29, 0.717) is 18.2 Å². The lowest BCUT2D eigenvalue weighted by molar-refractivity contribution is -0.117. The SMILES string of the molecule is Cc1nc(NC(=O)CN2CCN(C)CC2)sc1-c1ccc2c(c1)CN=C2c1cccc(F)c1. The molecule has 170 valence electrons. The van der Waals surface area contributed by atoms with E-state index in [0.717, 1.165) is 64.7 Å². The highest BCUT2D eigenvalue weighted by Crippen LogP contribution is 2.35. The zero-order valence-corrected chi connectivity index (χ0v) is 19.6. The fraction of sp³-hybridized carbons (Fsp3) is 0.320. The zero-order chi connectivity index (χ0) is 22.9. The third-order valence-electron chi connectivity index (χ3n) is 6.13. The number of amides is 1. The van der Waals surface area contributed by atoms with Crippen LogP contribution in [-0.4, -0.2) is 66.2 Å². The summed E-state index contributed by atoms with van der Waals surface area (Å²) in [4.78, 5) is 27.2. The van der Waals surface area contributed by atoms with Crippen LogP contribution in [0.3, 0.4) is 0 Å². The van der Waals surface area contributed by atoms with Gasteiger partial charge in [0.1, 0.15) is 5.82 Å². The third kappa shape index (κ3) is 4.73. The molecule has 1 N–H and O–H groups in total. The Balaban J connectivity index is 1.29. The molecule has 1 saturated heterocycles. The third-order valence-corrected chi connectivity index (χ3v) is 7.26. The van der Waals surface area contributed by atoms with E-state index in [-0.39, 0.29) is 11.7 Å². The molecule has 0 unspecified atom stereocenters. The van der Waals surface area contributed by atoms with Crippen molar-refractivity contribution in [3.05, 3.63) is 70.7 Å². The Morgan fingerprint density at radius 2 is 1.94 bits per heavy atom. The summed E-state index contributed by atoms with van der Waals surface area (Å²) >= 11 is 1.49. The van der Waals surface area contributed by atoms with E-state index in [9.17, 15) is 9.18 Å². The van der Waals surface area contributed by atoms with Gasteiger partial charge in [-0.25, -0.2) is 9.37 Å². The van der Waals surface area contributed by atoms with Crippen molar-refractivity contribution in [3.8, 4) is 10.4 Å². The minimum Gasteiger partial charge on any atom is -0.304 e. The smallest absolute Gasteiger partial charge is 0.240 e. The Kier molecular flexibility index (Phi) is 6.05. The predicted octanol–water partition coefficient (Wildman–Crippen LogP) is 3.79. The van der Waals surface area contributed by atoms with Gasteiger partial charge in [0.25, 0.3) is 0 Å². The second-order valence-electron chi connectivity index (χ2n) is 8.61. The van der Waals surface area contributed by atoms with Crippen LogP contribution < -0.4 is 5.32 Å². The zero-order valence-electron chi connectivity index (χ0n) is 18.8. The van der Waals surface area contributed by atoms with E-state index < -0.39 is 0 Å². The number of carbonyl (C=O) groups excluding carboxylic acids is 1. The van der Waals surface area contributed by atoms with Gasteiger partial charge in [-0.05, 0) is 43.3 Å². The molecular weight excluding hydrogens is 437 g/mol. The first kappa shape index (κ1) is 21.9. The number of fused-ring (bicyclic) bond motifs is 1. The molecule has 0 bridgehead atoms. The van der Waals surface area contributed by atoms with Gasteiger partial charge in [-0.2, -0.15) is 0 Å². The summed E-state index contributed by atoms with van der Waals surface area (Å²) in [5, 5.41) is 3.60. The molecule has 3 heterocycles. The minimum atomic E-state index is -0.261. The first-order chi connectivity index (χ1) is 16.0. The highest BCUT2D eigenvalue weighted by molar-refractivity contribution is 7.19. The number of benzene rings is 2. The molecule has 1 fully saturated rings. The van der Waals surface area contributed by atoms with Crippen molar-refractivity contribution in [1.29, 1.82) is 0 Å². The molecule has 6 nitrogen and oxygen atoms in total. The molecule has 3 aromatic rings. The molecule has 2 aliphatic rings. The summed E-state index contributed by atoms with van der Waals surface area (Å²) in [7, 11) is 2.10. The average molecular weight is 464 g/mol. The number of nitrogens with zero attached hydrogens (tertiary/aromatic N) is 4. The summed E-state index contributed by atoms with van der Waals surface area (Å²) < 4.78 is 13.7. The van der Waals surface area contributed by atoms with Crippen molar-refractivity contribution in [3.63, 3.8) is 0 Å². The van der Waals surface area contributed by atoms with E-state index >= 15 is 0 Å². The molecule has 0 spiro atoms. The van der Waals surface area contributed by atoms with Gasteiger partial charge in [0.15, 0.2) is 5.13 Å². The number of rotatable bonds is 5. The topological polar surface area (TPSA) is 60.8 Å². The van der Waals surface area contributed by atoms with Gasteiger partial charge in [-0.1, -0.05) is 35.6 Å². The summed E-state index contributed by atoms with van der Waals surface area (Å²) in [5.74, 6) is -0.287. The van der Waals surface area contributed by atoms with Crippen LogP contribution in [0.5, 0.6) is 0 Å². The molecule has 0 aliphatic carbocycles. The maximum atomic E-state index is 13.7. The first-order valence-electron chi connectivity index (χ1n) is 11.1. The second kappa shape index (κ2) is 9.13. The van der Waals surface area contributed by atoms with E-state index in [2.05, 4.69) is 44.3 Å². The van der Waals surface area contributed by atoms with Gasteiger partial charge >= 0.3 is 0 Å². The highest BCUT2D eigenvalue weighted by Gasteiger charge is 2.21. The number of carbonyl (C=O) groups is 1. The van der Waals surface area contributed by atoms with Gasteiger partial charge in [0.05, 0.1) is 29.4 Å². The lowest BCUT2D eigenvalue weighted by Gasteiger charge is -2.31. The number of anilines is 1. The number of hydrogen-bond acceptors (Lipinski definition) is 6. The quantitative estimate of drug-likeness (QED) is 0.625. The van der Waals surface area contributed by atoms with Crippen molar-refractivity contribution in [2.75, 3.05) is 45.1 Å². The van der Waals surface area contributed by atoms with Crippen molar-refractivity contribution < 1.29 is 9.18 Å². The number of aliphatic imine (C=N–C) groups is 1. The largest absolute Gasteiger partial charge is 0.304 e. The van der Waals surface area contributed by atoms with Crippen molar-refractivity contribution >= 4 is 28.1 Å². The predicted molar refractivity (Wildman–Crippen MR) is 131 cm³/mol. The summed E-state index contributed by atoms with van der Waals surface area (Å²) in [5.41, 5.74) is 5.71. The molecule has 33 heavy (non-hydrogen) atoms. The fourth-order valence-electron chi connectivity index (χ4n) is 4.31. The van der Waals surface area contributed by atoms with E-state index in [1.54, 1.807) is 6.07 Å². The minimum absolute atomic E-state index is 0.0260. The Bertz CT molecular complexity index is 1230. The van der Waals surface area contributed by atoms with Crippen LogP contribution in [0.25, 0.3) is 10.4 Å². The summed E-state index contributed by atoms with van der Waals surface area (Å²) in [6, 6.07) is 12.8. The number of aromatic nitrogens is 1. The average Bonchev–Trinajstić information content (AvgIpc) is 3.38. The molecule has 5 rings (SSSR count). The Morgan fingerprint density at radius 3 is 2.73 bits per heavy atom. The van der Waals surface area contributed by atoms with Crippen molar-refractivity contribution in [1.82, 2.24) is 14.8 Å².